The van der Waals surface area contributed by atoms with Crippen molar-refractivity contribution in [2.24, 2.45) is 0 Å². The first-order chi connectivity index (χ1) is 16.9. The number of hydrogen-bond acceptors (Lipinski definition) is 7. The van der Waals surface area contributed by atoms with Crippen molar-refractivity contribution in [2.45, 2.75) is 50.4 Å². The lowest BCUT2D eigenvalue weighted by Gasteiger charge is -2.40. The van der Waals surface area contributed by atoms with Crippen LogP contribution < -0.4 is 11.1 Å². The number of hydrogen-bond donors (Lipinski definition) is 3. The van der Waals surface area contributed by atoms with Crippen molar-refractivity contribution in [2.75, 3.05) is 25.6 Å². The number of aryl methyl sites for hydroxylation is 1. The van der Waals surface area contributed by atoms with Crippen LogP contribution in [0.15, 0.2) is 48.5 Å². The number of fused-ring (bicyclic) bond motifs is 3. The summed E-state index contributed by atoms with van der Waals surface area (Å²) in [7, 11) is 0. The molecule has 186 valence electrons. The Bertz CT molecular complexity index is 1080. The Morgan fingerprint density at radius 3 is 2.71 bits per heavy atom. The van der Waals surface area contributed by atoms with E-state index in [2.05, 4.69) is 5.32 Å². The number of carbonyl (C=O) groups is 3. The van der Waals surface area contributed by atoms with Gasteiger partial charge in [0.05, 0.1) is 31.9 Å². The second-order valence-corrected chi connectivity index (χ2v) is 8.86. The predicted octanol–water partition coefficient (Wildman–Crippen LogP) is 1.70. The third kappa shape index (κ3) is 5.47. The number of anilines is 1. The van der Waals surface area contributed by atoms with Gasteiger partial charge in [0.2, 0.25) is 5.91 Å². The van der Waals surface area contributed by atoms with Crippen LogP contribution in [0.2, 0.25) is 0 Å². The number of carboxylic acids is 1. The van der Waals surface area contributed by atoms with E-state index in [0.29, 0.717) is 18.5 Å². The van der Waals surface area contributed by atoms with Gasteiger partial charge in [-0.15, -0.1) is 0 Å². The molecule has 0 spiro atoms. The molecule has 1 saturated heterocycles. The fraction of sp³-hybridized carbons (Fsp3) is 0.423. The zero-order valence-electron chi connectivity index (χ0n) is 19.7. The van der Waals surface area contributed by atoms with E-state index in [1.165, 1.54) is 4.90 Å². The first-order valence-corrected chi connectivity index (χ1v) is 11.9. The Morgan fingerprint density at radius 2 is 2.00 bits per heavy atom. The van der Waals surface area contributed by atoms with E-state index in [1.54, 1.807) is 19.1 Å². The number of carboxylic acid groups (broad SMARTS) is 1. The third-order valence-corrected chi connectivity index (χ3v) is 6.55. The summed E-state index contributed by atoms with van der Waals surface area (Å²) < 4.78 is 10.9. The molecule has 4 atom stereocenters. The van der Waals surface area contributed by atoms with Gasteiger partial charge >= 0.3 is 11.9 Å². The number of rotatable bonds is 8. The molecule has 2 aromatic carbocycles. The molecular formula is C26H31N3O6. The molecule has 0 aliphatic carbocycles. The molecule has 0 bridgehead atoms. The standard InChI is InChI=1S/C26H31N3O6/c1-2-35-26(33)20(11-8-16-6-4-3-5-7-16)28-21-12-17-9-10-18(27)13-19(17)22-14-34-15-23(25(31)32)29(22)24(21)30/h3-7,9-10,13,20-23,28H,2,8,11-12,14-15,27H2,1H3,(H,31,32)/t20-,21+,22-,23+/m0/s1. The minimum Gasteiger partial charge on any atom is -0.480 e. The van der Waals surface area contributed by atoms with Gasteiger partial charge in [-0.25, -0.2) is 4.79 Å². The number of aliphatic carboxylic acids is 1. The Kier molecular flexibility index (Phi) is 7.67. The Hall–Kier alpha value is -3.43. The fourth-order valence-corrected chi connectivity index (χ4v) is 4.84. The van der Waals surface area contributed by atoms with Gasteiger partial charge in [-0.1, -0.05) is 36.4 Å². The van der Waals surface area contributed by atoms with Crippen molar-refractivity contribution in [3.05, 3.63) is 65.2 Å². The molecule has 2 heterocycles. The van der Waals surface area contributed by atoms with E-state index in [0.717, 1.165) is 16.7 Å². The van der Waals surface area contributed by atoms with Crippen molar-refractivity contribution in [1.82, 2.24) is 10.2 Å². The molecule has 0 unspecified atom stereocenters. The number of nitrogen functional groups attached to an aromatic ring is 1. The van der Waals surface area contributed by atoms with Crippen LogP contribution in [0.4, 0.5) is 5.69 Å². The molecule has 4 N–H and O–H groups in total. The first-order valence-electron chi connectivity index (χ1n) is 11.9. The molecule has 2 aliphatic rings. The highest BCUT2D eigenvalue weighted by atomic mass is 16.5. The van der Waals surface area contributed by atoms with E-state index in [-0.39, 0.29) is 32.1 Å². The van der Waals surface area contributed by atoms with Gasteiger partial charge in [-0.2, -0.15) is 0 Å². The second kappa shape index (κ2) is 10.9. The Labute approximate surface area is 204 Å². The quantitative estimate of drug-likeness (QED) is 0.384. The van der Waals surface area contributed by atoms with Gasteiger partial charge in [-0.05, 0) is 55.0 Å². The SMILES string of the molecule is CCOC(=O)[C@H](CCc1ccccc1)N[C@@H]1Cc2ccc(N)cc2[C@@H]2COC[C@H](C(=O)O)N2C1=O. The number of nitrogens with zero attached hydrogens (tertiary/aromatic N) is 1. The minimum atomic E-state index is -1.14. The number of carbonyl (C=O) groups excluding carboxylic acids is 2. The van der Waals surface area contributed by atoms with Crippen LogP contribution in [0.1, 0.15) is 36.1 Å². The maximum absolute atomic E-state index is 13.8. The number of amides is 1. The molecule has 2 aliphatic heterocycles. The number of nitrogens with one attached hydrogen (secondary N) is 1. The summed E-state index contributed by atoms with van der Waals surface area (Å²) in [5, 5.41) is 13.1. The molecule has 9 heteroatoms. The minimum absolute atomic E-state index is 0.0999. The molecule has 35 heavy (non-hydrogen) atoms. The monoisotopic (exact) mass is 481 g/mol. The van der Waals surface area contributed by atoms with Crippen LogP contribution in [0, 0.1) is 0 Å². The molecule has 1 amide bonds. The summed E-state index contributed by atoms with van der Waals surface area (Å²) in [4.78, 5) is 40.1. The van der Waals surface area contributed by atoms with Gasteiger partial charge < -0.3 is 25.2 Å². The Balaban J connectivity index is 1.65. The summed E-state index contributed by atoms with van der Waals surface area (Å²) in [6.07, 6.45) is 1.33. The number of esters is 1. The highest BCUT2D eigenvalue weighted by molar-refractivity contribution is 5.89. The molecule has 0 saturated carbocycles. The van der Waals surface area contributed by atoms with Gasteiger partial charge in [0.25, 0.3) is 0 Å². The number of benzene rings is 2. The predicted molar refractivity (Wildman–Crippen MR) is 128 cm³/mol. The molecule has 1 fully saturated rings. The number of nitrogens with two attached hydrogens (primary N) is 1. The van der Waals surface area contributed by atoms with Crippen LogP contribution in [0.3, 0.4) is 0 Å². The van der Waals surface area contributed by atoms with Crippen molar-refractivity contribution in [3.8, 4) is 0 Å². The lowest BCUT2D eigenvalue weighted by atomic mass is 9.95. The summed E-state index contributed by atoms with van der Waals surface area (Å²) in [5.74, 6) is -1.96. The lowest BCUT2D eigenvalue weighted by molar-refractivity contribution is -0.165. The van der Waals surface area contributed by atoms with E-state index in [9.17, 15) is 19.5 Å². The maximum Gasteiger partial charge on any atom is 0.328 e. The highest BCUT2D eigenvalue weighted by Gasteiger charge is 2.45. The van der Waals surface area contributed by atoms with Crippen molar-refractivity contribution in [1.29, 1.82) is 0 Å². The first kappa shape index (κ1) is 24.7. The summed E-state index contributed by atoms with van der Waals surface area (Å²) in [6.45, 7) is 2.03. The van der Waals surface area contributed by atoms with Crippen LogP contribution in [-0.2, 0) is 36.7 Å². The zero-order chi connectivity index (χ0) is 24.9. The van der Waals surface area contributed by atoms with Gasteiger partial charge in [0.1, 0.15) is 6.04 Å². The smallest absolute Gasteiger partial charge is 0.328 e. The van der Waals surface area contributed by atoms with E-state index in [4.69, 9.17) is 15.2 Å². The highest BCUT2D eigenvalue weighted by Crippen LogP contribution is 2.35. The third-order valence-electron chi connectivity index (χ3n) is 6.55. The summed E-state index contributed by atoms with van der Waals surface area (Å²) >= 11 is 0. The molecule has 0 aromatic heterocycles. The van der Waals surface area contributed by atoms with Crippen LogP contribution in [0.5, 0.6) is 0 Å². The summed E-state index contributed by atoms with van der Waals surface area (Å²) in [6, 6.07) is 11.9. The average molecular weight is 482 g/mol. The maximum atomic E-state index is 13.8. The lowest BCUT2D eigenvalue weighted by Crippen LogP contribution is -2.59. The molecule has 4 rings (SSSR count). The number of morpholine rings is 1. The molecule has 2 aromatic rings. The van der Waals surface area contributed by atoms with Gasteiger partial charge in [0.15, 0.2) is 6.04 Å². The van der Waals surface area contributed by atoms with Gasteiger partial charge in [0, 0.05) is 5.69 Å². The second-order valence-electron chi connectivity index (χ2n) is 8.86. The van der Waals surface area contributed by atoms with Crippen LogP contribution in [-0.4, -0.2) is 65.8 Å². The number of ether oxygens (including phenoxy) is 2. The molecular weight excluding hydrogens is 450 g/mol. The van der Waals surface area contributed by atoms with Crippen LogP contribution >= 0.6 is 0 Å². The normalized spacial score (nSPS) is 22.5. The topological polar surface area (TPSA) is 131 Å². The molecule has 0 radical (unpaired) electrons. The van der Waals surface area contributed by atoms with Gasteiger partial charge in [-0.3, -0.25) is 14.9 Å². The largest absolute Gasteiger partial charge is 0.480 e. The van der Waals surface area contributed by atoms with Crippen molar-refractivity contribution >= 4 is 23.5 Å². The van der Waals surface area contributed by atoms with E-state index < -0.39 is 36.1 Å². The van der Waals surface area contributed by atoms with Crippen molar-refractivity contribution < 1.29 is 29.0 Å². The average Bonchev–Trinajstić information content (AvgIpc) is 2.97. The fourth-order valence-electron chi connectivity index (χ4n) is 4.84. The summed E-state index contributed by atoms with van der Waals surface area (Å²) in [5.41, 5.74) is 9.24. The van der Waals surface area contributed by atoms with E-state index in [1.807, 2.05) is 36.4 Å². The Morgan fingerprint density at radius 1 is 1.23 bits per heavy atom. The zero-order valence-corrected chi connectivity index (χ0v) is 19.7. The van der Waals surface area contributed by atoms with Crippen LogP contribution in [0.25, 0.3) is 0 Å². The van der Waals surface area contributed by atoms with Crippen molar-refractivity contribution in [3.63, 3.8) is 0 Å². The van der Waals surface area contributed by atoms with E-state index >= 15 is 0 Å². The molecule has 9 nitrogen and oxygen atoms in total.